The molecule has 0 spiro atoms. The fourth-order valence-electron chi connectivity index (χ4n) is 7.64. The van der Waals surface area contributed by atoms with Gasteiger partial charge in [-0.1, -0.05) is 140 Å². The van der Waals surface area contributed by atoms with E-state index in [4.69, 9.17) is 9.47 Å². The summed E-state index contributed by atoms with van der Waals surface area (Å²) in [6.07, 6.45) is 28.3. The first-order valence-corrected chi connectivity index (χ1v) is 20.2. The van der Waals surface area contributed by atoms with Gasteiger partial charge >= 0.3 is 0 Å². The highest BCUT2D eigenvalue weighted by molar-refractivity contribution is 5.81. The summed E-state index contributed by atoms with van der Waals surface area (Å²) in [5.41, 5.74) is 1.48. The van der Waals surface area contributed by atoms with Crippen LogP contribution in [0.1, 0.15) is 166 Å². The van der Waals surface area contributed by atoms with Gasteiger partial charge in [-0.25, -0.2) is 0 Å². The molecule has 3 aliphatic rings. The summed E-state index contributed by atoms with van der Waals surface area (Å²) in [6, 6.07) is 0. The van der Waals surface area contributed by atoms with Crippen LogP contribution in [0.25, 0.3) is 0 Å². The molecule has 12 heteroatoms. The predicted octanol–water partition coefficient (Wildman–Crippen LogP) is 7.31. The van der Waals surface area contributed by atoms with E-state index < -0.39 is 24.7 Å². The highest BCUT2D eigenvalue weighted by Crippen LogP contribution is 2.38. The maximum absolute atomic E-state index is 13.1. The average molecular weight is 697 g/mol. The van der Waals surface area contributed by atoms with Crippen LogP contribution < -0.4 is 0 Å². The minimum absolute atomic E-state index is 0.0305. The highest BCUT2D eigenvalue weighted by Gasteiger charge is 2.54. The number of hydrogen-bond donors (Lipinski definition) is 0. The largest absolute Gasteiger partial charge is 0.347 e. The van der Waals surface area contributed by atoms with Crippen molar-refractivity contribution in [1.82, 2.24) is 39.8 Å². The second kappa shape index (κ2) is 20.9. The topological polar surface area (TPSA) is 120 Å². The Balaban J connectivity index is 0.995. The van der Waals surface area contributed by atoms with E-state index in [1.165, 1.54) is 116 Å². The Bertz CT molecular complexity index is 1190. The number of amides is 2. The van der Waals surface area contributed by atoms with Crippen molar-refractivity contribution in [2.75, 3.05) is 0 Å². The van der Waals surface area contributed by atoms with E-state index in [2.05, 4.69) is 34.5 Å². The Labute approximate surface area is 300 Å². The van der Waals surface area contributed by atoms with Gasteiger partial charge in [0, 0.05) is 13.1 Å². The summed E-state index contributed by atoms with van der Waals surface area (Å²) in [5, 5.41) is 17.3. The smallest absolute Gasteiger partial charge is 0.227 e. The molecule has 5 heterocycles. The molecule has 280 valence electrons. The van der Waals surface area contributed by atoms with Gasteiger partial charge in [0.05, 0.1) is 38.3 Å². The third-order valence-corrected chi connectivity index (χ3v) is 10.6. The Morgan fingerprint density at radius 2 is 0.880 bits per heavy atom. The summed E-state index contributed by atoms with van der Waals surface area (Å²) < 4.78 is 16.6. The van der Waals surface area contributed by atoms with Crippen molar-refractivity contribution in [2.24, 2.45) is 0 Å². The molecule has 0 radical (unpaired) electrons. The number of aryl methyl sites for hydroxylation is 2. The summed E-state index contributed by atoms with van der Waals surface area (Å²) in [7, 11) is 0. The highest BCUT2D eigenvalue weighted by atomic mass is 16.6. The number of rotatable bonds is 26. The van der Waals surface area contributed by atoms with Crippen LogP contribution in [0.3, 0.4) is 0 Å². The molecule has 5 rings (SSSR count). The molecule has 2 aromatic heterocycles. The second-order valence-corrected chi connectivity index (χ2v) is 14.9. The van der Waals surface area contributed by atoms with Crippen molar-refractivity contribution in [3.63, 3.8) is 0 Å². The van der Waals surface area contributed by atoms with Gasteiger partial charge < -0.3 is 19.3 Å². The second-order valence-electron chi connectivity index (χ2n) is 14.9. The quantitative estimate of drug-likeness (QED) is 0.0940. The lowest BCUT2D eigenvalue weighted by Gasteiger charge is -2.39. The molecule has 0 aliphatic carbocycles. The first kappa shape index (κ1) is 38.4. The Morgan fingerprint density at radius 1 is 0.540 bits per heavy atom. The molecule has 0 unspecified atom stereocenters. The molecule has 0 aromatic carbocycles. The zero-order valence-electron chi connectivity index (χ0n) is 31.1. The van der Waals surface area contributed by atoms with Crippen molar-refractivity contribution in [3.8, 4) is 0 Å². The van der Waals surface area contributed by atoms with Gasteiger partial charge in [-0.3, -0.25) is 19.0 Å². The van der Waals surface area contributed by atoms with Gasteiger partial charge in [0.25, 0.3) is 0 Å². The summed E-state index contributed by atoms with van der Waals surface area (Å²) in [6.45, 7) is 6.82. The SMILES string of the molecule is CCCCCCCCCCCCn1cc(CN2C(=O)C[C@H]3O[C@@H]4[C@@H](CC(=O)N4Cc4cn(CCCCCCCCCCCC)nn4)O[C@H]32)nn1. The first-order valence-electron chi connectivity index (χ1n) is 20.2. The molecule has 0 saturated carbocycles. The molecular weight excluding hydrogens is 632 g/mol. The fourth-order valence-corrected chi connectivity index (χ4v) is 7.64. The Morgan fingerprint density at radius 3 is 1.24 bits per heavy atom. The molecular formula is C38H64N8O4. The van der Waals surface area contributed by atoms with Crippen LogP contribution in [-0.2, 0) is 45.2 Å². The van der Waals surface area contributed by atoms with Crippen molar-refractivity contribution < 1.29 is 19.1 Å². The number of carbonyl (C=O) groups excluding carboxylic acids is 2. The van der Waals surface area contributed by atoms with Crippen molar-refractivity contribution in [2.45, 2.75) is 206 Å². The van der Waals surface area contributed by atoms with E-state index in [-0.39, 0.29) is 24.7 Å². The van der Waals surface area contributed by atoms with Crippen LogP contribution in [0.2, 0.25) is 0 Å². The first-order chi connectivity index (χ1) is 24.6. The number of carbonyl (C=O) groups is 2. The number of hydrogen-bond acceptors (Lipinski definition) is 8. The van der Waals surface area contributed by atoms with Crippen LogP contribution in [0, 0.1) is 0 Å². The maximum atomic E-state index is 13.1. The van der Waals surface area contributed by atoms with Crippen LogP contribution in [0.5, 0.6) is 0 Å². The van der Waals surface area contributed by atoms with Gasteiger partial charge in [-0.05, 0) is 12.8 Å². The van der Waals surface area contributed by atoms with E-state index in [0.717, 1.165) is 37.3 Å². The van der Waals surface area contributed by atoms with Crippen LogP contribution >= 0.6 is 0 Å². The van der Waals surface area contributed by atoms with Gasteiger partial charge in [-0.15, -0.1) is 10.2 Å². The molecule has 3 fully saturated rings. The molecule has 0 bridgehead atoms. The van der Waals surface area contributed by atoms with E-state index in [1.807, 2.05) is 21.8 Å². The zero-order chi connectivity index (χ0) is 35.0. The standard InChI is InChI=1S/C38H64N8O4/c1-3-5-7-9-11-13-15-17-19-21-23-43-27-31(39-41-43)29-45-35(47)25-33-37(45)49-34-26-36(48)46(38(34)50-33)30-32-28-44(42-40-32)24-22-20-18-16-14-12-10-8-6-4-2/h27-28,33-34,37-38H,3-26,29-30H2,1-2H3/t33-,34-,37-,38-/m1/s1. The van der Waals surface area contributed by atoms with Crippen molar-refractivity contribution >= 4 is 11.8 Å². The number of unbranched alkanes of at least 4 members (excludes halogenated alkanes) is 18. The summed E-state index contributed by atoms with van der Waals surface area (Å²) >= 11 is 0. The molecule has 12 nitrogen and oxygen atoms in total. The van der Waals surface area contributed by atoms with Crippen LogP contribution in [0.4, 0.5) is 0 Å². The minimum atomic E-state index is -0.537. The number of likely N-dealkylation sites (tertiary alicyclic amines) is 2. The van der Waals surface area contributed by atoms with E-state index in [9.17, 15) is 9.59 Å². The molecule has 2 aromatic rings. The van der Waals surface area contributed by atoms with Crippen molar-refractivity contribution in [3.05, 3.63) is 23.8 Å². The Kier molecular flexibility index (Phi) is 16.0. The van der Waals surface area contributed by atoms with Gasteiger partial charge in [0.15, 0.2) is 12.5 Å². The van der Waals surface area contributed by atoms with E-state index >= 15 is 0 Å². The van der Waals surface area contributed by atoms with Crippen LogP contribution in [0.15, 0.2) is 12.4 Å². The third kappa shape index (κ3) is 11.6. The molecule has 4 atom stereocenters. The maximum Gasteiger partial charge on any atom is 0.227 e. The molecule has 3 saturated heterocycles. The number of nitrogens with zero attached hydrogens (tertiary/aromatic N) is 8. The molecule has 0 N–H and O–H groups in total. The summed E-state index contributed by atoms with van der Waals surface area (Å²) in [4.78, 5) is 29.6. The zero-order valence-corrected chi connectivity index (χ0v) is 31.1. The monoisotopic (exact) mass is 697 g/mol. The minimum Gasteiger partial charge on any atom is -0.347 e. The van der Waals surface area contributed by atoms with Crippen LogP contribution in [-0.4, -0.2) is 76.3 Å². The molecule has 2 amide bonds. The van der Waals surface area contributed by atoms with Gasteiger partial charge in [0.2, 0.25) is 11.8 Å². The fraction of sp³-hybridized carbons (Fsp3) is 0.842. The predicted molar refractivity (Wildman–Crippen MR) is 191 cm³/mol. The number of fused-ring (bicyclic) bond motifs is 2. The van der Waals surface area contributed by atoms with E-state index in [0.29, 0.717) is 13.1 Å². The summed E-state index contributed by atoms with van der Waals surface area (Å²) in [5.74, 6) is -0.0611. The third-order valence-electron chi connectivity index (χ3n) is 10.6. The van der Waals surface area contributed by atoms with Gasteiger partial charge in [-0.2, -0.15) is 0 Å². The van der Waals surface area contributed by atoms with Gasteiger partial charge in [0.1, 0.15) is 23.6 Å². The van der Waals surface area contributed by atoms with Crippen molar-refractivity contribution in [1.29, 1.82) is 0 Å². The number of aromatic nitrogens is 6. The average Bonchev–Trinajstić information content (AvgIpc) is 3.89. The lowest BCUT2D eigenvalue weighted by Crippen LogP contribution is -2.53. The molecule has 3 aliphatic heterocycles. The number of ether oxygens (including phenoxy) is 2. The molecule has 50 heavy (non-hydrogen) atoms. The lowest BCUT2D eigenvalue weighted by molar-refractivity contribution is -0.256. The normalized spacial score (nSPS) is 21.8. The van der Waals surface area contributed by atoms with E-state index in [1.54, 1.807) is 9.80 Å². The Hall–Kier alpha value is -2.86. The lowest BCUT2D eigenvalue weighted by atomic mass is 10.1.